The Bertz CT molecular complexity index is 707. The average molecular weight is 311 g/mol. The van der Waals surface area contributed by atoms with Gasteiger partial charge in [0.05, 0.1) is 6.04 Å². The SMILES string of the molecule is CC(C)c1ccc(C(=O)N[C@H](C)c2ccc3c(c2)OCO3)cc1. The van der Waals surface area contributed by atoms with Crippen molar-refractivity contribution in [3.8, 4) is 11.5 Å². The monoisotopic (exact) mass is 311 g/mol. The number of benzene rings is 2. The van der Waals surface area contributed by atoms with Gasteiger partial charge in [0, 0.05) is 5.56 Å². The first-order valence-electron chi connectivity index (χ1n) is 7.85. The van der Waals surface area contributed by atoms with Crippen LogP contribution < -0.4 is 14.8 Å². The van der Waals surface area contributed by atoms with E-state index in [9.17, 15) is 4.79 Å². The lowest BCUT2D eigenvalue weighted by atomic mass is 10.0. The van der Waals surface area contributed by atoms with E-state index in [1.807, 2.05) is 49.4 Å². The molecule has 120 valence electrons. The van der Waals surface area contributed by atoms with Gasteiger partial charge < -0.3 is 14.8 Å². The third-order valence-electron chi connectivity index (χ3n) is 4.08. The summed E-state index contributed by atoms with van der Waals surface area (Å²) in [7, 11) is 0. The van der Waals surface area contributed by atoms with Gasteiger partial charge in [-0.15, -0.1) is 0 Å². The molecular formula is C19H21NO3. The maximum atomic E-state index is 12.4. The highest BCUT2D eigenvalue weighted by Gasteiger charge is 2.17. The molecule has 1 N–H and O–H groups in total. The summed E-state index contributed by atoms with van der Waals surface area (Å²) < 4.78 is 10.7. The number of ether oxygens (including phenoxy) is 2. The molecule has 0 fully saturated rings. The van der Waals surface area contributed by atoms with Crippen LogP contribution in [0.1, 0.15) is 54.2 Å². The maximum absolute atomic E-state index is 12.4. The van der Waals surface area contributed by atoms with Crippen molar-refractivity contribution in [3.05, 3.63) is 59.2 Å². The minimum atomic E-state index is -0.109. The molecule has 3 rings (SSSR count). The van der Waals surface area contributed by atoms with Gasteiger partial charge in [-0.05, 0) is 48.2 Å². The molecule has 0 radical (unpaired) electrons. The Morgan fingerprint density at radius 3 is 2.30 bits per heavy atom. The van der Waals surface area contributed by atoms with Crippen LogP contribution in [0.2, 0.25) is 0 Å². The number of fused-ring (bicyclic) bond motifs is 1. The van der Waals surface area contributed by atoms with Crippen LogP contribution in [0.5, 0.6) is 11.5 Å². The fraction of sp³-hybridized carbons (Fsp3) is 0.316. The summed E-state index contributed by atoms with van der Waals surface area (Å²) in [6, 6.07) is 13.4. The highest BCUT2D eigenvalue weighted by Crippen LogP contribution is 2.34. The van der Waals surface area contributed by atoms with Gasteiger partial charge in [-0.1, -0.05) is 32.0 Å². The van der Waals surface area contributed by atoms with Gasteiger partial charge in [0.15, 0.2) is 11.5 Å². The molecule has 0 bridgehead atoms. The number of carbonyl (C=O) groups excluding carboxylic acids is 1. The van der Waals surface area contributed by atoms with Crippen molar-refractivity contribution in [2.24, 2.45) is 0 Å². The van der Waals surface area contributed by atoms with Gasteiger partial charge in [0.1, 0.15) is 0 Å². The molecule has 4 nitrogen and oxygen atoms in total. The third kappa shape index (κ3) is 3.31. The number of hydrogen-bond acceptors (Lipinski definition) is 3. The zero-order valence-corrected chi connectivity index (χ0v) is 13.6. The molecule has 0 spiro atoms. The molecule has 1 aliphatic rings. The predicted octanol–water partition coefficient (Wildman–Crippen LogP) is 4.03. The van der Waals surface area contributed by atoms with Gasteiger partial charge in [0.25, 0.3) is 5.91 Å². The van der Waals surface area contributed by atoms with Gasteiger partial charge in [-0.25, -0.2) is 0 Å². The molecule has 23 heavy (non-hydrogen) atoms. The number of rotatable bonds is 4. The first-order chi connectivity index (χ1) is 11.0. The van der Waals surface area contributed by atoms with E-state index in [2.05, 4.69) is 19.2 Å². The molecule has 1 atom stereocenters. The Labute approximate surface area is 136 Å². The van der Waals surface area contributed by atoms with Crippen molar-refractivity contribution in [1.29, 1.82) is 0 Å². The summed E-state index contributed by atoms with van der Waals surface area (Å²) >= 11 is 0. The topological polar surface area (TPSA) is 47.6 Å². The maximum Gasteiger partial charge on any atom is 0.251 e. The van der Waals surface area contributed by atoms with E-state index in [1.54, 1.807) is 0 Å². The molecule has 1 heterocycles. The van der Waals surface area contributed by atoms with E-state index in [-0.39, 0.29) is 18.7 Å². The minimum absolute atomic E-state index is 0.0783. The predicted molar refractivity (Wildman–Crippen MR) is 89.0 cm³/mol. The third-order valence-corrected chi connectivity index (χ3v) is 4.08. The van der Waals surface area contributed by atoms with Crippen LogP contribution in [0.25, 0.3) is 0 Å². The van der Waals surface area contributed by atoms with Gasteiger partial charge >= 0.3 is 0 Å². The van der Waals surface area contributed by atoms with E-state index in [4.69, 9.17) is 9.47 Å². The van der Waals surface area contributed by atoms with E-state index in [0.717, 1.165) is 17.1 Å². The number of carbonyl (C=O) groups is 1. The summed E-state index contributed by atoms with van der Waals surface area (Å²) in [5, 5.41) is 3.02. The van der Waals surface area contributed by atoms with E-state index in [1.165, 1.54) is 5.56 Å². The normalized spacial score (nSPS) is 13.9. The number of nitrogens with one attached hydrogen (secondary N) is 1. The fourth-order valence-electron chi connectivity index (χ4n) is 2.57. The quantitative estimate of drug-likeness (QED) is 0.927. The van der Waals surface area contributed by atoms with E-state index in [0.29, 0.717) is 11.5 Å². The Morgan fingerprint density at radius 1 is 0.957 bits per heavy atom. The van der Waals surface area contributed by atoms with Gasteiger partial charge in [-0.2, -0.15) is 0 Å². The zero-order valence-electron chi connectivity index (χ0n) is 13.6. The van der Waals surface area contributed by atoms with Crippen molar-refractivity contribution in [2.45, 2.75) is 32.7 Å². The van der Waals surface area contributed by atoms with Crippen LogP contribution in [0.4, 0.5) is 0 Å². The highest BCUT2D eigenvalue weighted by atomic mass is 16.7. The van der Waals surface area contributed by atoms with Crippen molar-refractivity contribution in [1.82, 2.24) is 5.32 Å². The molecule has 2 aromatic rings. The molecule has 0 aliphatic carbocycles. The summed E-state index contributed by atoms with van der Waals surface area (Å²) in [4.78, 5) is 12.4. The molecule has 0 saturated heterocycles. The van der Waals surface area contributed by atoms with Crippen LogP contribution in [0, 0.1) is 0 Å². The van der Waals surface area contributed by atoms with Gasteiger partial charge in [0.2, 0.25) is 6.79 Å². The molecule has 2 aromatic carbocycles. The molecule has 0 aromatic heterocycles. The Balaban J connectivity index is 1.69. The van der Waals surface area contributed by atoms with Crippen LogP contribution in [-0.2, 0) is 0 Å². The first kappa shape index (κ1) is 15.4. The fourth-order valence-corrected chi connectivity index (χ4v) is 2.57. The van der Waals surface area contributed by atoms with Crippen LogP contribution in [-0.4, -0.2) is 12.7 Å². The second-order valence-electron chi connectivity index (χ2n) is 6.08. The average Bonchev–Trinajstić information content (AvgIpc) is 3.02. The van der Waals surface area contributed by atoms with Gasteiger partial charge in [-0.3, -0.25) is 4.79 Å². The Kier molecular flexibility index (Phi) is 4.24. The second kappa shape index (κ2) is 6.32. The van der Waals surface area contributed by atoms with E-state index >= 15 is 0 Å². The number of hydrogen-bond donors (Lipinski definition) is 1. The summed E-state index contributed by atoms with van der Waals surface area (Å²) in [5.41, 5.74) is 2.88. The Hall–Kier alpha value is -2.49. The molecule has 0 saturated carbocycles. The summed E-state index contributed by atoms with van der Waals surface area (Å²) in [6.45, 7) is 6.48. The first-order valence-corrected chi connectivity index (χ1v) is 7.85. The summed E-state index contributed by atoms with van der Waals surface area (Å²) in [5.74, 6) is 1.85. The molecule has 0 unspecified atom stereocenters. The lowest BCUT2D eigenvalue weighted by Gasteiger charge is -2.15. The molecule has 1 aliphatic heterocycles. The molecule has 4 heteroatoms. The van der Waals surface area contributed by atoms with Crippen molar-refractivity contribution >= 4 is 5.91 Å². The lowest BCUT2D eigenvalue weighted by Crippen LogP contribution is -2.26. The Morgan fingerprint density at radius 2 is 1.61 bits per heavy atom. The van der Waals surface area contributed by atoms with Crippen molar-refractivity contribution < 1.29 is 14.3 Å². The molecule has 1 amide bonds. The van der Waals surface area contributed by atoms with Crippen molar-refractivity contribution in [2.75, 3.05) is 6.79 Å². The minimum Gasteiger partial charge on any atom is -0.454 e. The summed E-state index contributed by atoms with van der Waals surface area (Å²) in [6.07, 6.45) is 0. The molecular weight excluding hydrogens is 290 g/mol. The van der Waals surface area contributed by atoms with Crippen LogP contribution in [0.3, 0.4) is 0 Å². The second-order valence-corrected chi connectivity index (χ2v) is 6.08. The zero-order chi connectivity index (χ0) is 16.4. The lowest BCUT2D eigenvalue weighted by molar-refractivity contribution is 0.0939. The van der Waals surface area contributed by atoms with E-state index < -0.39 is 0 Å². The van der Waals surface area contributed by atoms with Crippen molar-refractivity contribution in [3.63, 3.8) is 0 Å². The standard InChI is InChI=1S/C19H21NO3/c1-12(2)14-4-6-15(7-5-14)19(21)20-13(3)16-8-9-17-18(10-16)23-11-22-17/h4-10,12-13H,11H2,1-3H3,(H,20,21)/t13-/m1/s1. The van der Waals surface area contributed by atoms with Crippen LogP contribution in [0.15, 0.2) is 42.5 Å². The number of amides is 1. The largest absolute Gasteiger partial charge is 0.454 e. The highest BCUT2D eigenvalue weighted by molar-refractivity contribution is 5.94. The van der Waals surface area contributed by atoms with Crippen LogP contribution >= 0.6 is 0 Å². The smallest absolute Gasteiger partial charge is 0.251 e.